The molecule has 3 aromatic rings. The number of ether oxygens (including phenoxy) is 1. The van der Waals surface area contributed by atoms with Crippen LogP contribution in [0.2, 0.25) is 0 Å². The van der Waals surface area contributed by atoms with Crippen LogP contribution in [0.25, 0.3) is 10.9 Å². The van der Waals surface area contributed by atoms with Gasteiger partial charge in [0.25, 0.3) is 5.91 Å². The van der Waals surface area contributed by atoms with Crippen molar-refractivity contribution in [1.82, 2.24) is 9.88 Å². The molecule has 144 valence electrons. The van der Waals surface area contributed by atoms with E-state index in [0.29, 0.717) is 22.2 Å². The fourth-order valence-electron chi connectivity index (χ4n) is 3.49. The van der Waals surface area contributed by atoms with E-state index in [1.54, 1.807) is 19.1 Å². The molecule has 1 N–H and O–H groups in total. The number of rotatable bonds is 4. The first-order valence-electron chi connectivity index (χ1n) is 9.36. The van der Waals surface area contributed by atoms with Gasteiger partial charge in [0.2, 0.25) is 0 Å². The van der Waals surface area contributed by atoms with Crippen LogP contribution in [0.1, 0.15) is 21.6 Å². The van der Waals surface area contributed by atoms with Gasteiger partial charge in [-0.2, -0.15) is 0 Å². The molecule has 4 rings (SSSR count). The van der Waals surface area contributed by atoms with E-state index in [2.05, 4.69) is 15.2 Å². The molecule has 5 nitrogen and oxygen atoms in total. The average Bonchev–Trinajstić information content (AvgIpc) is 2.69. The molecular weight excluding hydrogens is 357 g/mol. The highest BCUT2D eigenvalue weighted by Crippen LogP contribution is 2.23. The summed E-state index contributed by atoms with van der Waals surface area (Å²) in [5, 5.41) is 3.67. The molecule has 0 bridgehead atoms. The molecule has 1 amide bonds. The summed E-state index contributed by atoms with van der Waals surface area (Å²) in [6, 6.07) is 13.9. The normalized spacial score (nSPS) is 14.9. The Hall–Kier alpha value is -2.83. The number of amides is 1. The number of carbonyl (C=O) groups is 1. The molecule has 0 aliphatic carbocycles. The van der Waals surface area contributed by atoms with E-state index in [1.165, 1.54) is 12.1 Å². The maximum absolute atomic E-state index is 13.6. The van der Waals surface area contributed by atoms with Gasteiger partial charge in [0.1, 0.15) is 5.82 Å². The Balaban J connectivity index is 1.62. The Morgan fingerprint density at radius 3 is 2.79 bits per heavy atom. The Morgan fingerprint density at radius 1 is 1.18 bits per heavy atom. The first kappa shape index (κ1) is 18.5. The minimum absolute atomic E-state index is 0.225. The number of halogens is 1. The molecule has 1 aliphatic heterocycles. The highest BCUT2D eigenvalue weighted by molar-refractivity contribution is 6.12. The molecule has 6 heteroatoms. The van der Waals surface area contributed by atoms with Crippen molar-refractivity contribution in [2.75, 3.05) is 31.6 Å². The molecular formula is C22H22FN3O2. The van der Waals surface area contributed by atoms with Crippen molar-refractivity contribution >= 4 is 22.5 Å². The van der Waals surface area contributed by atoms with Crippen molar-refractivity contribution in [3.8, 4) is 0 Å². The number of nitrogens with zero attached hydrogens (tertiary/aromatic N) is 2. The van der Waals surface area contributed by atoms with Crippen molar-refractivity contribution in [3.05, 3.63) is 71.2 Å². The van der Waals surface area contributed by atoms with Crippen LogP contribution in [-0.4, -0.2) is 42.1 Å². The van der Waals surface area contributed by atoms with Crippen molar-refractivity contribution in [2.45, 2.75) is 13.5 Å². The number of para-hydroxylation sites is 1. The van der Waals surface area contributed by atoms with Crippen LogP contribution in [-0.2, 0) is 11.3 Å². The van der Waals surface area contributed by atoms with E-state index in [4.69, 9.17) is 4.74 Å². The number of benzene rings is 2. The molecule has 1 aromatic heterocycles. The molecule has 1 saturated heterocycles. The van der Waals surface area contributed by atoms with E-state index >= 15 is 0 Å². The van der Waals surface area contributed by atoms with Gasteiger partial charge in [0.15, 0.2) is 0 Å². The van der Waals surface area contributed by atoms with E-state index in [0.717, 1.165) is 44.1 Å². The number of fused-ring (bicyclic) bond motifs is 1. The molecule has 0 atom stereocenters. The predicted molar refractivity (Wildman–Crippen MR) is 107 cm³/mol. The second kappa shape index (κ2) is 8.04. The zero-order chi connectivity index (χ0) is 19.5. The fourth-order valence-corrected chi connectivity index (χ4v) is 3.49. The third kappa shape index (κ3) is 4.03. The quantitative estimate of drug-likeness (QED) is 0.750. The summed E-state index contributed by atoms with van der Waals surface area (Å²) in [4.78, 5) is 19.7. The Morgan fingerprint density at radius 2 is 1.96 bits per heavy atom. The number of anilines is 1. The summed E-state index contributed by atoms with van der Waals surface area (Å²) >= 11 is 0. The Bertz CT molecular complexity index is 1010. The predicted octanol–water partition coefficient (Wildman–Crippen LogP) is 3.77. The van der Waals surface area contributed by atoms with Crippen LogP contribution in [0.3, 0.4) is 0 Å². The number of morpholine rings is 1. The summed E-state index contributed by atoms with van der Waals surface area (Å²) in [6.07, 6.45) is 0. The molecule has 2 heterocycles. The number of pyridine rings is 1. The van der Waals surface area contributed by atoms with Gasteiger partial charge < -0.3 is 10.1 Å². The van der Waals surface area contributed by atoms with Gasteiger partial charge in [-0.05, 0) is 36.8 Å². The lowest BCUT2D eigenvalue weighted by molar-refractivity contribution is 0.0342. The van der Waals surface area contributed by atoms with E-state index in [9.17, 15) is 9.18 Å². The molecule has 0 saturated carbocycles. The summed E-state index contributed by atoms with van der Waals surface area (Å²) in [5.74, 6) is -0.593. The number of carbonyl (C=O) groups excluding carboxylic acids is 1. The van der Waals surface area contributed by atoms with E-state index in [-0.39, 0.29) is 11.7 Å². The average molecular weight is 379 g/mol. The Labute approximate surface area is 163 Å². The lowest BCUT2D eigenvalue weighted by atomic mass is 10.1. The molecule has 0 radical (unpaired) electrons. The standard InChI is InChI=1S/C22H22FN3O2/c1-15-12-19(18-7-6-17(23)13-21(18)24-15)22(27)25-20-5-3-2-4-16(20)14-26-8-10-28-11-9-26/h2-7,12-13H,8-11,14H2,1H3,(H,25,27). The van der Waals surface area contributed by atoms with Crippen LogP contribution in [0.5, 0.6) is 0 Å². The van der Waals surface area contributed by atoms with Crippen LogP contribution >= 0.6 is 0 Å². The second-order valence-corrected chi connectivity index (χ2v) is 6.97. The summed E-state index contributed by atoms with van der Waals surface area (Å²) in [5.41, 5.74) is 3.47. The van der Waals surface area contributed by atoms with E-state index in [1.807, 2.05) is 24.3 Å². The monoisotopic (exact) mass is 379 g/mol. The summed E-state index contributed by atoms with van der Waals surface area (Å²) < 4.78 is 19.0. The van der Waals surface area contributed by atoms with Gasteiger partial charge in [-0.1, -0.05) is 18.2 Å². The summed E-state index contributed by atoms with van der Waals surface area (Å²) in [7, 11) is 0. The number of aryl methyl sites for hydroxylation is 1. The van der Waals surface area contributed by atoms with Crippen molar-refractivity contribution < 1.29 is 13.9 Å². The summed E-state index contributed by atoms with van der Waals surface area (Å²) in [6.45, 7) is 5.76. The lowest BCUT2D eigenvalue weighted by Gasteiger charge is -2.27. The first-order valence-corrected chi connectivity index (χ1v) is 9.36. The maximum Gasteiger partial charge on any atom is 0.256 e. The zero-order valence-electron chi connectivity index (χ0n) is 15.7. The van der Waals surface area contributed by atoms with Gasteiger partial charge >= 0.3 is 0 Å². The SMILES string of the molecule is Cc1cc(C(=O)Nc2ccccc2CN2CCOCC2)c2ccc(F)cc2n1. The minimum Gasteiger partial charge on any atom is -0.379 e. The van der Waals surface area contributed by atoms with Gasteiger partial charge in [-0.3, -0.25) is 14.7 Å². The third-order valence-corrected chi connectivity index (χ3v) is 4.91. The third-order valence-electron chi connectivity index (χ3n) is 4.91. The zero-order valence-corrected chi connectivity index (χ0v) is 15.7. The first-order chi connectivity index (χ1) is 13.6. The lowest BCUT2D eigenvalue weighted by Crippen LogP contribution is -2.35. The Kier molecular flexibility index (Phi) is 5.32. The molecule has 2 aromatic carbocycles. The molecule has 0 unspecified atom stereocenters. The minimum atomic E-state index is -0.368. The smallest absolute Gasteiger partial charge is 0.256 e. The van der Waals surface area contributed by atoms with Gasteiger partial charge in [0, 0.05) is 42.5 Å². The van der Waals surface area contributed by atoms with Crippen LogP contribution in [0.15, 0.2) is 48.5 Å². The van der Waals surface area contributed by atoms with Crippen LogP contribution < -0.4 is 5.32 Å². The van der Waals surface area contributed by atoms with Gasteiger partial charge in [-0.15, -0.1) is 0 Å². The molecule has 0 spiro atoms. The van der Waals surface area contributed by atoms with Crippen LogP contribution in [0.4, 0.5) is 10.1 Å². The topological polar surface area (TPSA) is 54.5 Å². The largest absolute Gasteiger partial charge is 0.379 e. The van der Waals surface area contributed by atoms with Crippen molar-refractivity contribution in [1.29, 1.82) is 0 Å². The van der Waals surface area contributed by atoms with E-state index < -0.39 is 0 Å². The highest BCUT2D eigenvalue weighted by atomic mass is 19.1. The maximum atomic E-state index is 13.6. The fraction of sp³-hybridized carbons (Fsp3) is 0.273. The molecule has 1 aliphatic rings. The number of hydrogen-bond donors (Lipinski definition) is 1. The number of aromatic nitrogens is 1. The van der Waals surface area contributed by atoms with Gasteiger partial charge in [-0.25, -0.2) is 4.39 Å². The van der Waals surface area contributed by atoms with Crippen LogP contribution in [0, 0.1) is 12.7 Å². The number of nitrogens with one attached hydrogen (secondary N) is 1. The molecule has 28 heavy (non-hydrogen) atoms. The second-order valence-electron chi connectivity index (χ2n) is 6.97. The van der Waals surface area contributed by atoms with Crippen molar-refractivity contribution in [2.24, 2.45) is 0 Å². The molecule has 1 fully saturated rings. The van der Waals surface area contributed by atoms with Crippen molar-refractivity contribution in [3.63, 3.8) is 0 Å². The number of hydrogen-bond acceptors (Lipinski definition) is 4. The van der Waals surface area contributed by atoms with Gasteiger partial charge in [0.05, 0.1) is 24.3 Å². The highest BCUT2D eigenvalue weighted by Gasteiger charge is 2.16.